The second-order valence-electron chi connectivity index (χ2n) is 3.01. The Balaban J connectivity index is 2.20. The number of amides is 1. The molecule has 2 rings (SSSR count). The van der Waals surface area contributed by atoms with E-state index in [9.17, 15) is 4.79 Å². The van der Waals surface area contributed by atoms with E-state index in [1.54, 1.807) is 6.20 Å². The van der Waals surface area contributed by atoms with Gasteiger partial charge in [-0.3, -0.25) is 9.79 Å². The first-order chi connectivity index (χ1) is 5.77. The van der Waals surface area contributed by atoms with Crippen molar-refractivity contribution in [2.45, 2.75) is 12.8 Å². The standard InChI is InChI=1S/C8H10N2OS/c9-8(11)6-3-5-1-2-12-7(5)4-10-6/h4-5H,1-3H2,(H2,9,11). The largest absolute Gasteiger partial charge is 0.365 e. The van der Waals surface area contributed by atoms with Crippen LogP contribution in [0.4, 0.5) is 0 Å². The molecule has 12 heavy (non-hydrogen) atoms. The minimum atomic E-state index is -0.373. The number of aliphatic imine (C=N–C) groups is 1. The summed E-state index contributed by atoms with van der Waals surface area (Å²) >= 11 is 1.84. The van der Waals surface area contributed by atoms with Gasteiger partial charge in [-0.15, -0.1) is 11.8 Å². The lowest BCUT2D eigenvalue weighted by Crippen LogP contribution is -2.26. The van der Waals surface area contributed by atoms with Gasteiger partial charge >= 0.3 is 0 Å². The van der Waals surface area contributed by atoms with Gasteiger partial charge in [0.1, 0.15) is 5.71 Å². The van der Waals surface area contributed by atoms with Crippen molar-refractivity contribution in [3.8, 4) is 0 Å². The summed E-state index contributed by atoms with van der Waals surface area (Å²) in [6, 6.07) is 0. The Bertz CT molecular complexity index is 283. The molecule has 1 fully saturated rings. The number of nitrogens with two attached hydrogens (primary N) is 1. The molecule has 0 aliphatic carbocycles. The van der Waals surface area contributed by atoms with Crippen LogP contribution in [0.25, 0.3) is 0 Å². The Labute approximate surface area is 75.1 Å². The topological polar surface area (TPSA) is 55.5 Å². The highest BCUT2D eigenvalue weighted by atomic mass is 32.2. The lowest BCUT2D eigenvalue weighted by atomic mass is 9.97. The van der Waals surface area contributed by atoms with E-state index >= 15 is 0 Å². The summed E-state index contributed by atoms with van der Waals surface area (Å²) < 4.78 is 0. The SMILES string of the molecule is NC(=O)C1=NC=C2SCCC2C1. The van der Waals surface area contributed by atoms with Crippen molar-refractivity contribution in [2.24, 2.45) is 16.6 Å². The molecule has 1 unspecified atom stereocenters. The zero-order chi connectivity index (χ0) is 8.55. The molecule has 0 spiro atoms. The van der Waals surface area contributed by atoms with Crippen LogP contribution in [0.15, 0.2) is 16.1 Å². The van der Waals surface area contributed by atoms with Crippen LogP contribution in [0.1, 0.15) is 12.8 Å². The van der Waals surface area contributed by atoms with Crippen molar-refractivity contribution in [3.05, 3.63) is 11.1 Å². The maximum absolute atomic E-state index is 10.8. The molecule has 1 atom stereocenters. The van der Waals surface area contributed by atoms with Crippen molar-refractivity contribution in [2.75, 3.05) is 5.75 Å². The van der Waals surface area contributed by atoms with E-state index in [0.29, 0.717) is 11.6 Å². The lowest BCUT2D eigenvalue weighted by molar-refractivity contribution is -0.112. The average molecular weight is 182 g/mol. The third-order valence-corrected chi connectivity index (χ3v) is 3.42. The van der Waals surface area contributed by atoms with Gasteiger partial charge in [0, 0.05) is 17.5 Å². The molecule has 2 aliphatic heterocycles. The van der Waals surface area contributed by atoms with E-state index in [0.717, 1.165) is 18.6 Å². The van der Waals surface area contributed by atoms with Gasteiger partial charge in [0.25, 0.3) is 5.91 Å². The fourth-order valence-corrected chi connectivity index (χ4v) is 2.72. The lowest BCUT2D eigenvalue weighted by Gasteiger charge is -2.14. The van der Waals surface area contributed by atoms with Crippen molar-refractivity contribution in [1.82, 2.24) is 0 Å². The molecule has 2 aliphatic rings. The van der Waals surface area contributed by atoms with Crippen LogP contribution in [0, 0.1) is 5.92 Å². The second-order valence-corrected chi connectivity index (χ2v) is 4.18. The Morgan fingerprint density at radius 2 is 2.58 bits per heavy atom. The molecule has 0 radical (unpaired) electrons. The number of carbonyl (C=O) groups is 1. The highest BCUT2D eigenvalue weighted by molar-refractivity contribution is 8.03. The highest BCUT2D eigenvalue weighted by Gasteiger charge is 2.27. The molecule has 0 aromatic carbocycles. The van der Waals surface area contributed by atoms with Crippen LogP contribution in [0.3, 0.4) is 0 Å². The quantitative estimate of drug-likeness (QED) is 0.655. The fourth-order valence-electron chi connectivity index (χ4n) is 1.52. The minimum absolute atomic E-state index is 0.373. The van der Waals surface area contributed by atoms with Crippen LogP contribution < -0.4 is 5.73 Å². The number of carbonyl (C=O) groups excluding carboxylic acids is 1. The molecule has 1 amide bonds. The zero-order valence-electron chi connectivity index (χ0n) is 6.62. The smallest absolute Gasteiger partial charge is 0.263 e. The predicted molar refractivity (Wildman–Crippen MR) is 49.9 cm³/mol. The van der Waals surface area contributed by atoms with E-state index in [1.807, 2.05) is 11.8 Å². The van der Waals surface area contributed by atoms with E-state index in [1.165, 1.54) is 4.91 Å². The third kappa shape index (κ3) is 1.27. The summed E-state index contributed by atoms with van der Waals surface area (Å²) in [5.74, 6) is 1.30. The zero-order valence-corrected chi connectivity index (χ0v) is 7.43. The van der Waals surface area contributed by atoms with Crippen molar-refractivity contribution >= 4 is 23.4 Å². The van der Waals surface area contributed by atoms with E-state index < -0.39 is 0 Å². The molecular formula is C8H10N2OS. The summed E-state index contributed by atoms with van der Waals surface area (Å²) in [6.45, 7) is 0. The fraction of sp³-hybridized carbons (Fsp3) is 0.500. The Morgan fingerprint density at radius 1 is 1.75 bits per heavy atom. The van der Waals surface area contributed by atoms with Gasteiger partial charge in [0.15, 0.2) is 0 Å². The monoisotopic (exact) mass is 182 g/mol. The molecule has 0 aromatic heterocycles. The van der Waals surface area contributed by atoms with Crippen molar-refractivity contribution in [3.63, 3.8) is 0 Å². The summed E-state index contributed by atoms with van der Waals surface area (Å²) in [4.78, 5) is 16.1. The Morgan fingerprint density at radius 3 is 3.33 bits per heavy atom. The van der Waals surface area contributed by atoms with Crippen LogP contribution in [0.2, 0.25) is 0 Å². The van der Waals surface area contributed by atoms with Gasteiger partial charge in [-0.2, -0.15) is 0 Å². The number of allylic oxidation sites excluding steroid dienone is 1. The molecule has 4 heteroatoms. The maximum atomic E-state index is 10.8. The normalized spacial score (nSPS) is 27.5. The van der Waals surface area contributed by atoms with Crippen LogP contribution in [-0.2, 0) is 4.79 Å². The van der Waals surface area contributed by atoms with Crippen molar-refractivity contribution in [1.29, 1.82) is 0 Å². The number of thioether (sulfide) groups is 1. The van der Waals surface area contributed by atoms with Crippen LogP contribution >= 0.6 is 11.8 Å². The van der Waals surface area contributed by atoms with Gasteiger partial charge in [-0.1, -0.05) is 0 Å². The van der Waals surface area contributed by atoms with Gasteiger partial charge in [-0.05, 0) is 18.1 Å². The number of hydrogen-bond donors (Lipinski definition) is 1. The molecule has 0 saturated carbocycles. The minimum Gasteiger partial charge on any atom is -0.365 e. The average Bonchev–Trinajstić information content (AvgIpc) is 2.49. The summed E-state index contributed by atoms with van der Waals surface area (Å²) in [7, 11) is 0. The predicted octanol–water partition coefficient (Wildman–Crippen LogP) is 0.911. The Hall–Kier alpha value is -0.770. The molecule has 64 valence electrons. The number of hydrogen-bond acceptors (Lipinski definition) is 3. The van der Waals surface area contributed by atoms with Gasteiger partial charge < -0.3 is 5.73 Å². The number of primary amides is 1. The highest BCUT2D eigenvalue weighted by Crippen LogP contribution is 2.40. The summed E-state index contributed by atoms with van der Waals surface area (Å²) in [5, 5.41) is 0. The maximum Gasteiger partial charge on any atom is 0.263 e. The van der Waals surface area contributed by atoms with E-state index in [4.69, 9.17) is 5.73 Å². The molecular weight excluding hydrogens is 172 g/mol. The molecule has 2 heterocycles. The van der Waals surface area contributed by atoms with E-state index in [-0.39, 0.29) is 5.91 Å². The third-order valence-electron chi connectivity index (χ3n) is 2.21. The molecule has 0 aromatic rings. The number of fused-ring (bicyclic) bond motifs is 1. The van der Waals surface area contributed by atoms with Crippen molar-refractivity contribution < 1.29 is 4.79 Å². The summed E-state index contributed by atoms with van der Waals surface area (Å²) in [5.41, 5.74) is 5.68. The van der Waals surface area contributed by atoms with Gasteiger partial charge in [0.2, 0.25) is 0 Å². The first-order valence-electron chi connectivity index (χ1n) is 3.96. The van der Waals surface area contributed by atoms with Gasteiger partial charge in [-0.25, -0.2) is 0 Å². The molecule has 0 bridgehead atoms. The van der Waals surface area contributed by atoms with E-state index in [2.05, 4.69) is 4.99 Å². The Kier molecular flexibility index (Phi) is 1.92. The summed E-state index contributed by atoms with van der Waals surface area (Å²) in [6.07, 6.45) is 3.70. The molecule has 2 N–H and O–H groups in total. The first kappa shape index (κ1) is 7.86. The molecule has 3 nitrogen and oxygen atoms in total. The number of nitrogens with zero attached hydrogens (tertiary/aromatic N) is 1. The molecule has 1 saturated heterocycles. The van der Waals surface area contributed by atoms with Crippen LogP contribution in [0.5, 0.6) is 0 Å². The number of rotatable bonds is 1. The van der Waals surface area contributed by atoms with Gasteiger partial charge in [0.05, 0.1) is 0 Å². The first-order valence-corrected chi connectivity index (χ1v) is 4.95. The van der Waals surface area contributed by atoms with Crippen LogP contribution in [-0.4, -0.2) is 17.4 Å². The second kappa shape index (κ2) is 2.94.